The van der Waals surface area contributed by atoms with Gasteiger partial charge in [-0.15, -0.1) is 0 Å². The van der Waals surface area contributed by atoms with Gasteiger partial charge in [-0.05, 0) is 64.5 Å². The molecule has 3 fully saturated rings. The molecule has 178 valence electrons. The summed E-state index contributed by atoms with van der Waals surface area (Å²) in [6.45, 7) is 5.29. The number of ether oxygens (including phenoxy) is 2. The molecule has 3 aliphatic rings. The van der Waals surface area contributed by atoms with Gasteiger partial charge in [-0.25, -0.2) is 4.98 Å². The lowest BCUT2D eigenvalue weighted by Crippen LogP contribution is -2.27. The van der Waals surface area contributed by atoms with E-state index in [1.165, 1.54) is 0 Å². The van der Waals surface area contributed by atoms with Gasteiger partial charge < -0.3 is 23.8 Å². The molecule has 1 amide bonds. The van der Waals surface area contributed by atoms with Gasteiger partial charge >= 0.3 is 0 Å². The van der Waals surface area contributed by atoms with Gasteiger partial charge in [0.15, 0.2) is 0 Å². The summed E-state index contributed by atoms with van der Waals surface area (Å²) in [6.07, 6.45) is 11.8. The zero-order valence-electron chi connectivity index (χ0n) is 19.7. The highest BCUT2D eigenvalue weighted by Gasteiger charge is 2.55. The van der Waals surface area contributed by atoms with Crippen LogP contribution in [0.2, 0.25) is 0 Å². The van der Waals surface area contributed by atoms with Crippen molar-refractivity contribution in [1.29, 1.82) is 0 Å². The van der Waals surface area contributed by atoms with Gasteiger partial charge in [0.2, 0.25) is 0 Å². The molecule has 34 heavy (non-hydrogen) atoms. The third-order valence-corrected chi connectivity index (χ3v) is 7.84. The van der Waals surface area contributed by atoms with Gasteiger partial charge in [0, 0.05) is 36.6 Å². The number of aryl methyl sites for hydroxylation is 1. The highest BCUT2D eigenvalue weighted by atomic mass is 16.5. The van der Waals surface area contributed by atoms with Gasteiger partial charge in [0.05, 0.1) is 29.6 Å². The minimum atomic E-state index is -0.367. The predicted octanol–water partition coefficient (Wildman–Crippen LogP) is 3.91. The summed E-state index contributed by atoms with van der Waals surface area (Å²) in [5.74, 6) is 0.142. The van der Waals surface area contributed by atoms with Crippen LogP contribution in [-0.4, -0.2) is 38.2 Å². The molecule has 3 aromatic heterocycles. The number of pyridine rings is 2. The second-order valence-corrected chi connectivity index (χ2v) is 10.3. The molecule has 4 heterocycles. The van der Waals surface area contributed by atoms with Gasteiger partial charge in [0.1, 0.15) is 17.1 Å². The number of aromatic nitrogens is 3. The minimum absolute atomic E-state index is 0.0551. The lowest BCUT2D eigenvalue weighted by Gasteiger charge is -2.27. The second kappa shape index (κ2) is 7.70. The highest BCUT2D eigenvalue weighted by molar-refractivity contribution is 6.06. The van der Waals surface area contributed by atoms with Crippen LogP contribution in [0.3, 0.4) is 0 Å². The third kappa shape index (κ3) is 3.43. The fourth-order valence-electron chi connectivity index (χ4n) is 5.53. The zero-order valence-corrected chi connectivity index (χ0v) is 19.7. The first-order chi connectivity index (χ1) is 16.4. The topological polar surface area (TPSA) is 86.9 Å². The van der Waals surface area contributed by atoms with Crippen LogP contribution >= 0.6 is 0 Å². The Morgan fingerprint density at radius 2 is 2.18 bits per heavy atom. The van der Waals surface area contributed by atoms with E-state index in [2.05, 4.69) is 12.2 Å². The van der Waals surface area contributed by atoms with Crippen LogP contribution in [0.15, 0.2) is 41.6 Å². The molecule has 8 nitrogen and oxygen atoms in total. The van der Waals surface area contributed by atoms with E-state index >= 15 is 0 Å². The Morgan fingerprint density at radius 1 is 1.32 bits per heavy atom. The van der Waals surface area contributed by atoms with Crippen LogP contribution in [0, 0.1) is 0 Å². The van der Waals surface area contributed by atoms with E-state index in [0.717, 1.165) is 49.9 Å². The molecule has 3 aromatic rings. The van der Waals surface area contributed by atoms with Crippen molar-refractivity contribution in [1.82, 2.24) is 14.0 Å². The Bertz CT molecular complexity index is 1330. The molecular weight excluding hydrogens is 432 g/mol. The number of nitrogens with one attached hydrogen (secondary N) is 1. The summed E-state index contributed by atoms with van der Waals surface area (Å²) >= 11 is 0. The molecule has 2 bridgehead atoms. The summed E-state index contributed by atoms with van der Waals surface area (Å²) in [7, 11) is 0. The van der Waals surface area contributed by atoms with E-state index in [-0.39, 0.29) is 34.3 Å². The monoisotopic (exact) mass is 462 g/mol. The molecule has 1 aliphatic heterocycles. The van der Waals surface area contributed by atoms with Crippen LogP contribution in [0.4, 0.5) is 5.69 Å². The smallest absolute Gasteiger partial charge is 0.274 e. The van der Waals surface area contributed by atoms with Crippen LogP contribution in [0.1, 0.15) is 68.4 Å². The number of hydrogen-bond donors (Lipinski definition) is 1. The van der Waals surface area contributed by atoms with E-state index in [4.69, 9.17) is 14.5 Å². The van der Waals surface area contributed by atoms with Gasteiger partial charge in [-0.1, -0.05) is 0 Å². The fraction of sp³-hybridized carbons (Fsp3) is 0.500. The minimum Gasteiger partial charge on any atom is -0.489 e. The van der Waals surface area contributed by atoms with Gasteiger partial charge in [-0.3, -0.25) is 9.59 Å². The van der Waals surface area contributed by atoms with Crippen LogP contribution in [0.25, 0.3) is 5.65 Å². The van der Waals surface area contributed by atoms with Crippen molar-refractivity contribution in [2.45, 2.75) is 76.0 Å². The van der Waals surface area contributed by atoms with Crippen LogP contribution < -0.4 is 15.6 Å². The summed E-state index contributed by atoms with van der Waals surface area (Å²) < 4.78 is 15.8. The average Bonchev–Trinajstić information content (AvgIpc) is 3.47. The van der Waals surface area contributed by atoms with Crippen molar-refractivity contribution in [2.24, 2.45) is 0 Å². The molecule has 2 unspecified atom stereocenters. The fourth-order valence-corrected chi connectivity index (χ4v) is 5.53. The maximum Gasteiger partial charge on any atom is 0.274 e. The molecule has 6 rings (SSSR count). The van der Waals surface area contributed by atoms with Crippen LogP contribution in [0.5, 0.6) is 5.75 Å². The molecule has 0 aromatic carbocycles. The van der Waals surface area contributed by atoms with Crippen molar-refractivity contribution in [2.75, 3.05) is 11.9 Å². The average molecular weight is 463 g/mol. The van der Waals surface area contributed by atoms with Gasteiger partial charge in [-0.2, -0.15) is 0 Å². The number of hydrogen-bond acceptors (Lipinski definition) is 5. The number of amides is 1. The molecule has 0 radical (unpaired) electrons. The maximum atomic E-state index is 13.4. The van der Waals surface area contributed by atoms with E-state index in [0.29, 0.717) is 24.5 Å². The van der Waals surface area contributed by atoms with Crippen molar-refractivity contribution in [3.8, 4) is 5.75 Å². The highest BCUT2D eigenvalue weighted by Crippen LogP contribution is 2.53. The van der Waals surface area contributed by atoms with Crippen molar-refractivity contribution in [3.05, 3.63) is 58.4 Å². The first kappa shape index (κ1) is 21.4. The summed E-state index contributed by atoms with van der Waals surface area (Å²) in [4.78, 5) is 30.9. The Kier molecular flexibility index (Phi) is 4.85. The summed E-state index contributed by atoms with van der Waals surface area (Å²) in [6, 6.07) is 5.24. The van der Waals surface area contributed by atoms with E-state index in [9.17, 15) is 9.59 Å². The Labute approximate surface area is 197 Å². The molecule has 2 atom stereocenters. The lowest BCUT2D eigenvalue weighted by atomic mass is 9.84. The first-order valence-electron chi connectivity index (χ1n) is 12.2. The maximum absolute atomic E-state index is 13.4. The third-order valence-electron chi connectivity index (χ3n) is 7.84. The normalized spacial score (nSPS) is 26.1. The standard InChI is InChI=1S/C26H30N4O4/c1-3-29-11-5-8-19(24(29)32)27-23(31)18-13-30-14-21(26-10-9-25(2,15-26)33-16-26)28-22(30)12-20(18)34-17-6-4-7-17/h5,8,11-14,17H,3-4,6-7,9-10,15-16H2,1-2H3,(H,27,31). The molecule has 2 aliphatic carbocycles. The summed E-state index contributed by atoms with van der Waals surface area (Å²) in [5, 5.41) is 2.80. The SMILES string of the molecule is CCn1cccc(NC(=O)c2cn3cc(C45CCC(C)(C4)OC5)nc3cc2OC2CCC2)c1=O. The van der Waals surface area contributed by atoms with Crippen molar-refractivity contribution < 1.29 is 14.3 Å². The number of fused-ring (bicyclic) bond motifs is 3. The lowest BCUT2D eigenvalue weighted by molar-refractivity contribution is -0.00627. The number of carbonyl (C=O) groups is 1. The number of carbonyl (C=O) groups excluding carboxylic acids is 1. The molecule has 2 saturated carbocycles. The number of rotatable bonds is 6. The number of nitrogens with zero attached hydrogens (tertiary/aromatic N) is 3. The number of imidazole rings is 1. The van der Waals surface area contributed by atoms with E-state index < -0.39 is 0 Å². The van der Waals surface area contributed by atoms with Crippen LogP contribution in [-0.2, 0) is 16.7 Å². The van der Waals surface area contributed by atoms with E-state index in [1.54, 1.807) is 29.1 Å². The van der Waals surface area contributed by atoms with Crippen molar-refractivity contribution in [3.63, 3.8) is 0 Å². The second-order valence-electron chi connectivity index (χ2n) is 10.3. The van der Waals surface area contributed by atoms with Gasteiger partial charge in [0.25, 0.3) is 11.5 Å². The molecule has 1 saturated heterocycles. The van der Waals surface area contributed by atoms with E-state index in [1.807, 2.05) is 23.6 Å². The quantitative estimate of drug-likeness (QED) is 0.600. The van der Waals surface area contributed by atoms with Crippen molar-refractivity contribution >= 4 is 17.2 Å². The Morgan fingerprint density at radius 3 is 2.82 bits per heavy atom. The largest absolute Gasteiger partial charge is 0.489 e. The zero-order chi connectivity index (χ0) is 23.5. The molecular formula is C26H30N4O4. The molecule has 8 heteroatoms. The predicted molar refractivity (Wildman–Crippen MR) is 128 cm³/mol. The number of anilines is 1. The Hall–Kier alpha value is -3.13. The first-order valence-corrected chi connectivity index (χ1v) is 12.2. The Balaban J connectivity index is 1.38. The molecule has 0 spiro atoms. The molecule has 1 N–H and O–H groups in total. The summed E-state index contributed by atoms with van der Waals surface area (Å²) in [5.41, 5.74) is 2.07.